The van der Waals surface area contributed by atoms with Gasteiger partial charge in [-0.1, -0.05) is 13.8 Å². The van der Waals surface area contributed by atoms with Crippen molar-refractivity contribution in [3.05, 3.63) is 40.7 Å². The molecule has 0 aliphatic carbocycles. The van der Waals surface area contributed by atoms with Crippen molar-refractivity contribution >= 4 is 5.57 Å². The molecule has 0 unspecified atom stereocenters. The molecule has 0 bridgehead atoms. The molecule has 6 heteroatoms. The minimum atomic E-state index is -2.21. The van der Waals surface area contributed by atoms with Gasteiger partial charge >= 0.3 is 0 Å². The average molecular weight is 275 g/mol. The second-order valence-corrected chi connectivity index (χ2v) is 4.34. The number of nitrogens with zero attached hydrogens (tertiary/aromatic N) is 1. The number of halogens is 5. The molecule has 1 rings (SSSR count). The van der Waals surface area contributed by atoms with E-state index in [1.165, 1.54) is 0 Å². The maximum atomic E-state index is 13.6. The van der Waals surface area contributed by atoms with E-state index in [2.05, 4.69) is 0 Å². The topological polar surface area (TPSA) is 23.8 Å². The van der Waals surface area contributed by atoms with Crippen molar-refractivity contribution < 1.29 is 22.0 Å². The lowest BCUT2D eigenvalue weighted by atomic mass is 9.95. The van der Waals surface area contributed by atoms with Crippen LogP contribution in [0.15, 0.2) is 6.08 Å². The highest BCUT2D eigenvalue weighted by Crippen LogP contribution is 2.31. The molecule has 0 N–H and O–H groups in total. The van der Waals surface area contributed by atoms with Gasteiger partial charge in [-0.25, -0.2) is 22.0 Å². The molecule has 102 valence electrons. The third-order valence-electron chi connectivity index (χ3n) is 2.40. The molecule has 0 fully saturated rings. The Hall–Kier alpha value is -1.90. The second-order valence-electron chi connectivity index (χ2n) is 4.34. The second kappa shape index (κ2) is 5.83. The van der Waals surface area contributed by atoms with E-state index in [0.29, 0.717) is 0 Å². The Morgan fingerprint density at radius 3 is 1.79 bits per heavy atom. The van der Waals surface area contributed by atoms with Crippen molar-refractivity contribution in [1.29, 1.82) is 5.26 Å². The van der Waals surface area contributed by atoms with Crippen molar-refractivity contribution in [2.24, 2.45) is 5.92 Å². The van der Waals surface area contributed by atoms with Gasteiger partial charge < -0.3 is 0 Å². The van der Waals surface area contributed by atoms with E-state index in [-0.39, 0.29) is 17.9 Å². The minimum Gasteiger partial charge on any atom is -0.203 e. The van der Waals surface area contributed by atoms with E-state index < -0.39 is 34.6 Å². The number of allylic oxidation sites excluding steroid dienone is 2. The molecule has 0 saturated heterocycles. The highest BCUT2D eigenvalue weighted by molar-refractivity contribution is 5.69. The highest BCUT2D eigenvalue weighted by atomic mass is 19.2. The number of hydrogen-bond acceptors (Lipinski definition) is 1. The van der Waals surface area contributed by atoms with Crippen LogP contribution in [0, 0.1) is 46.3 Å². The van der Waals surface area contributed by atoms with Gasteiger partial charge in [-0.05, 0) is 17.9 Å². The van der Waals surface area contributed by atoms with E-state index in [1.54, 1.807) is 19.9 Å². The first-order valence-corrected chi connectivity index (χ1v) is 5.41. The van der Waals surface area contributed by atoms with Gasteiger partial charge in [0.1, 0.15) is 0 Å². The Kier molecular flexibility index (Phi) is 4.65. The fourth-order valence-corrected chi connectivity index (χ4v) is 1.64. The SMILES string of the molecule is CC(C)CC(=CC#N)c1c(F)c(F)c(F)c(F)c1F. The molecule has 0 radical (unpaired) electrons. The van der Waals surface area contributed by atoms with E-state index in [1.807, 2.05) is 0 Å². The van der Waals surface area contributed by atoms with Crippen LogP contribution in [-0.2, 0) is 0 Å². The minimum absolute atomic E-state index is 0.0198. The standard InChI is InChI=1S/C13H10F5N/c1-6(2)5-7(3-4-19)8-9(14)11(16)13(18)12(17)10(8)15/h3,6H,5H2,1-2H3. The van der Waals surface area contributed by atoms with Gasteiger partial charge in [0, 0.05) is 6.08 Å². The molecule has 0 heterocycles. The molecule has 0 atom stereocenters. The Balaban J connectivity index is 3.57. The smallest absolute Gasteiger partial charge is 0.200 e. The summed E-state index contributed by atoms with van der Waals surface area (Å²) in [6, 6.07) is 1.55. The normalized spacial score (nSPS) is 11.8. The fraction of sp³-hybridized carbons (Fsp3) is 0.308. The first kappa shape index (κ1) is 15.2. The zero-order valence-corrected chi connectivity index (χ0v) is 10.2. The van der Waals surface area contributed by atoms with Crippen LogP contribution >= 0.6 is 0 Å². The lowest BCUT2D eigenvalue weighted by Crippen LogP contribution is -2.07. The van der Waals surface area contributed by atoms with E-state index in [0.717, 1.165) is 6.08 Å². The first-order chi connectivity index (χ1) is 8.81. The summed E-state index contributed by atoms with van der Waals surface area (Å²) in [5.74, 6) is -10.2. The Bertz CT molecular complexity index is 540. The first-order valence-electron chi connectivity index (χ1n) is 5.41. The molecule has 1 aromatic carbocycles. The van der Waals surface area contributed by atoms with Gasteiger partial charge in [-0.15, -0.1) is 0 Å². The Labute approximate surface area is 107 Å². The predicted octanol–water partition coefficient (Wildman–Crippen LogP) is 4.34. The molecule has 19 heavy (non-hydrogen) atoms. The third kappa shape index (κ3) is 2.92. The largest absolute Gasteiger partial charge is 0.203 e. The summed E-state index contributed by atoms with van der Waals surface area (Å²) in [5, 5.41) is 8.55. The van der Waals surface area contributed by atoms with E-state index in [9.17, 15) is 22.0 Å². The molecule has 0 saturated carbocycles. The molecule has 0 spiro atoms. The van der Waals surface area contributed by atoms with Crippen LogP contribution in [-0.4, -0.2) is 0 Å². The molecule has 0 aromatic heterocycles. The zero-order valence-electron chi connectivity index (χ0n) is 10.2. The highest BCUT2D eigenvalue weighted by Gasteiger charge is 2.27. The summed E-state index contributed by atoms with van der Waals surface area (Å²) < 4.78 is 66.1. The van der Waals surface area contributed by atoms with Crippen molar-refractivity contribution in [3.8, 4) is 6.07 Å². The zero-order chi connectivity index (χ0) is 14.7. The molecular weight excluding hydrogens is 265 g/mol. The third-order valence-corrected chi connectivity index (χ3v) is 2.40. The van der Waals surface area contributed by atoms with Crippen molar-refractivity contribution in [1.82, 2.24) is 0 Å². The van der Waals surface area contributed by atoms with E-state index in [4.69, 9.17) is 5.26 Å². The van der Waals surface area contributed by atoms with Crippen molar-refractivity contribution in [2.75, 3.05) is 0 Å². The van der Waals surface area contributed by atoms with Crippen LogP contribution in [0.3, 0.4) is 0 Å². The number of nitriles is 1. The quantitative estimate of drug-likeness (QED) is 0.348. The predicted molar refractivity (Wildman–Crippen MR) is 59.3 cm³/mol. The lowest BCUT2D eigenvalue weighted by Gasteiger charge is -2.13. The summed E-state index contributed by atoms with van der Waals surface area (Å²) in [6.07, 6.45) is 0.810. The van der Waals surface area contributed by atoms with Crippen LogP contribution in [0.4, 0.5) is 22.0 Å². The monoisotopic (exact) mass is 275 g/mol. The van der Waals surface area contributed by atoms with Gasteiger partial charge in [0.05, 0.1) is 11.6 Å². The summed E-state index contributed by atoms with van der Waals surface area (Å²) in [6.45, 7) is 3.38. The average Bonchev–Trinajstić information content (AvgIpc) is 2.34. The summed E-state index contributed by atoms with van der Waals surface area (Å²) in [4.78, 5) is 0. The molecule has 0 amide bonds. The van der Waals surface area contributed by atoms with Crippen LogP contribution in [0.5, 0.6) is 0 Å². The van der Waals surface area contributed by atoms with Crippen LogP contribution < -0.4 is 0 Å². The molecule has 1 aromatic rings. The van der Waals surface area contributed by atoms with Crippen molar-refractivity contribution in [2.45, 2.75) is 20.3 Å². The van der Waals surface area contributed by atoms with Crippen molar-refractivity contribution in [3.63, 3.8) is 0 Å². The van der Waals surface area contributed by atoms with Crippen LogP contribution in [0.1, 0.15) is 25.8 Å². The summed E-state index contributed by atoms with van der Waals surface area (Å²) >= 11 is 0. The fourth-order valence-electron chi connectivity index (χ4n) is 1.64. The maximum Gasteiger partial charge on any atom is 0.200 e. The molecule has 0 aliphatic heterocycles. The van der Waals surface area contributed by atoms with Gasteiger partial charge in [0.2, 0.25) is 5.82 Å². The summed E-state index contributed by atoms with van der Waals surface area (Å²) in [7, 11) is 0. The molecule has 1 nitrogen and oxygen atoms in total. The van der Waals surface area contributed by atoms with Crippen LogP contribution in [0.2, 0.25) is 0 Å². The molecule has 0 aliphatic rings. The Morgan fingerprint density at radius 2 is 1.42 bits per heavy atom. The van der Waals surface area contributed by atoms with E-state index >= 15 is 0 Å². The number of rotatable bonds is 3. The van der Waals surface area contributed by atoms with Gasteiger partial charge in [0.25, 0.3) is 0 Å². The summed E-state index contributed by atoms with van der Waals surface area (Å²) in [5.41, 5.74) is -1.25. The van der Waals surface area contributed by atoms with Crippen LogP contribution in [0.25, 0.3) is 5.57 Å². The Morgan fingerprint density at radius 1 is 1.00 bits per heavy atom. The number of benzene rings is 1. The van der Waals surface area contributed by atoms with Gasteiger partial charge in [-0.2, -0.15) is 5.26 Å². The lowest BCUT2D eigenvalue weighted by molar-refractivity contribution is 0.375. The van der Waals surface area contributed by atoms with Gasteiger partial charge in [0.15, 0.2) is 23.3 Å². The molecular formula is C13H10F5N. The number of hydrogen-bond donors (Lipinski definition) is 0. The van der Waals surface area contributed by atoms with Gasteiger partial charge in [-0.3, -0.25) is 0 Å². The maximum absolute atomic E-state index is 13.6.